The maximum Gasteiger partial charge on any atom is 0.407 e. The van der Waals surface area contributed by atoms with Crippen molar-refractivity contribution in [3.05, 3.63) is 72.6 Å². The van der Waals surface area contributed by atoms with Crippen molar-refractivity contribution in [3.63, 3.8) is 0 Å². The Bertz CT molecular complexity index is 1810. The van der Waals surface area contributed by atoms with E-state index in [1.807, 2.05) is 38.8 Å². The van der Waals surface area contributed by atoms with Crippen molar-refractivity contribution in [1.29, 1.82) is 0 Å². The molecule has 2 fully saturated rings. The van der Waals surface area contributed by atoms with Crippen molar-refractivity contribution in [3.8, 4) is 33.6 Å². The average molecular weight is 681 g/mol. The summed E-state index contributed by atoms with van der Waals surface area (Å²) in [6, 6.07) is 15.0. The summed E-state index contributed by atoms with van der Waals surface area (Å²) >= 11 is 0. The predicted molar refractivity (Wildman–Crippen MR) is 192 cm³/mol. The van der Waals surface area contributed by atoms with Gasteiger partial charge in [-0.3, -0.25) is 14.5 Å². The molecule has 2 saturated heterocycles. The van der Waals surface area contributed by atoms with Gasteiger partial charge < -0.3 is 30.6 Å². The fourth-order valence-corrected chi connectivity index (χ4v) is 7.28. The van der Waals surface area contributed by atoms with Gasteiger partial charge in [0.2, 0.25) is 11.8 Å². The van der Waals surface area contributed by atoms with Crippen molar-refractivity contribution in [1.82, 2.24) is 34.6 Å². The standard InChI is InChI=1S/C38H48N8O4/c1-22(2)32(39)36(47)45-18-6-8-30(45)34-40-20-28(42-34)26-14-10-24(11-15-26)25-12-16-27(17-13-25)29-21-41-35(43-29)31-9-7-19-46(31)37(48)33(23(3)4)44(5)38(49)50/h10-17,20-23,30-33H,6-9,18-19,39H2,1-5H3,(H,40,42)(H,41,43)(H,49,50)/t30-,31-,32-,33-/m0/s1. The molecule has 2 aromatic heterocycles. The number of nitrogens with one attached hydrogen (secondary N) is 2. The van der Waals surface area contributed by atoms with Crippen LogP contribution in [0.4, 0.5) is 4.79 Å². The van der Waals surface area contributed by atoms with Crippen LogP contribution in [0.1, 0.15) is 77.1 Å². The number of imidazole rings is 2. The summed E-state index contributed by atoms with van der Waals surface area (Å²) in [7, 11) is 1.45. The molecule has 0 aliphatic carbocycles. The lowest BCUT2D eigenvalue weighted by Crippen LogP contribution is -2.51. The molecule has 2 aromatic carbocycles. The quantitative estimate of drug-likeness (QED) is 0.158. The molecule has 12 heteroatoms. The summed E-state index contributed by atoms with van der Waals surface area (Å²) in [4.78, 5) is 59.2. The van der Waals surface area contributed by atoms with Gasteiger partial charge >= 0.3 is 6.09 Å². The largest absolute Gasteiger partial charge is 0.465 e. The Morgan fingerprint density at radius 2 is 1.16 bits per heavy atom. The normalized spacial score (nSPS) is 19.0. The van der Waals surface area contributed by atoms with Crippen molar-refractivity contribution in [2.75, 3.05) is 20.1 Å². The number of likely N-dealkylation sites (tertiary alicyclic amines) is 2. The number of amides is 3. The minimum absolute atomic E-state index is 0.0151. The molecule has 3 amide bonds. The number of H-pyrrole nitrogens is 2. The van der Waals surface area contributed by atoms with E-state index in [4.69, 9.17) is 5.73 Å². The fraction of sp³-hybridized carbons (Fsp3) is 0.447. The number of carbonyl (C=O) groups is 3. The van der Waals surface area contributed by atoms with Crippen LogP contribution in [-0.2, 0) is 9.59 Å². The number of benzene rings is 2. The van der Waals surface area contributed by atoms with Gasteiger partial charge in [-0.05, 0) is 59.8 Å². The molecule has 0 radical (unpaired) electrons. The second kappa shape index (κ2) is 14.5. The molecule has 12 nitrogen and oxygen atoms in total. The molecule has 6 rings (SSSR count). The van der Waals surface area contributed by atoms with Gasteiger partial charge in [0.1, 0.15) is 17.7 Å². The highest BCUT2D eigenvalue weighted by atomic mass is 16.4. The van der Waals surface area contributed by atoms with E-state index in [0.717, 1.165) is 70.0 Å². The number of hydrogen-bond acceptors (Lipinski definition) is 6. The van der Waals surface area contributed by atoms with Crippen LogP contribution in [-0.4, -0.2) is 89.9 Å². The average Bonchev–Trinajstić information content (AvgIpc) is 3.94. The number of likely N-dealkylation sites (N-methyl/N-ethyl adjacent to an activating group) is 1. The van der Waals surface area contributed by atoms with Crippen molar-refractivity contribution in [2.24, 2.45) is 17.6 Å². The topological polar surface area (TPSA) is 165 Å². The molecular weight excluding hydrogens is 632 g/mol. The number of carboxylic acid groups (broad SMARTS) is 1. The zero-order valence-corrected chi connectivity index (χ0v) is 29.5. The number of rotatable bonds is 10. The Kier molecular flexibility index (Phi) is 10.1. The lowest BCUT2D eigenvalue weighted by Gasteiger charge is -2.33. The third-order valence-electron chi connectivity index (χ3n) is 10.2. The second-order valence-corrected chi connectivity index (χ2v) is 14.3. The zero-order valence-electron chi connectivity index (χ0n) is 29.5. The van der Waals surface area contributed by atoms with Crippen LogP contribution in [0.3, 0.4) is 0 Å². The Morgan fingerprint density at radius 3 is 1.56 bits per heavy atom. The highest BCUT2D eigenvalue weighted by Crippen LogP contribution is 2.35. The first-order valence-corrected chi connectivity index (χ1v) is 17.6. The minimum Gasteiger partial charge on any atom is -0.465 e. The van der Waals surface area contributed by atoms with Crippen molar-refractivity contribution in [2.45, 2.75) is 77.5 Å². The number of carbonyl (C=O) groups excluding carboxylic acids is 2. The number of nitrogens with two attached hydrogens (primary N) is 1. The van der Waals surface area contributed by atoms with Crippen LogP contribution in [0, 0.1) is 11.8 Å². The molecule has 2 aliphatic heterocycles. The Labute approximate surface area is 293 Å². The summed E-state index contributed by atoms with van der Waals surface area (Å²) in [6.07, 6.45) is 5.90. The fourth-order valence-electron chi connectivity index (χ4n) is 7.28. The molecule has 2 aliphatic rings. The second-order valence-electron chi connectivity index (χ2n) is 14.3. The number of aromatic nitrogens is 4. The van der Waals surface area contributed by atoms with Gasteiger partial charge in [0.05, 0.1) is 41.9 Å². The Hall–Kier alpha value is -4.97. The maximum absolute atomic E-state index is 13.6. The Balaban J connectivity index is 1.12. The van der Waals surface area contributed by atoms with Gasteiger partial charge in [0.15, 0.2) is 0 Å². The number of hydrogen-bond donors (Lipinski definition) is 4. The maximum atomic E-state index is 13.6. The van der Waals surface area contributed by atoms with E-state index in [9.17, 15) is 19.5 Å². The first-order chi connectivity index (χ1) is 23.9. The molecule has 4 heterocycles. The molecule has 5 N–H and O–H groups in total. The number of aromatic amines is 2. The third kappa shape index (κ3) is 6.89. The summed E-state index contributed by atoms with van der Waals surface area (Å²) < 4.78 is 0. The first kappa shape index (κ1) is 34.9. The Morgan fingerprint density at radius 1 is 0.740 bits per heavy atom. The minimum atomic E-state index is -1.12. The smallest absolute Gasteiger partial charge is 0.407 e. The lowest BCUT2D eigenvalue weighted by molar-refractivity contribution is -0.138. The van der Waals surface area contributed by atoms with E-state index in [1.54, 1.807) is 11.1 Å². The van der Waals surface area contributed by atoms with E-state index in [0.29, 0.717) is 18.9 Å². The zero-order chi connectivity index (χ0) is 35.7. The molecule has 4 atom stereocenters. The van der Waals surface area contributed by atoms with Crippen molar-refractivity contribution < 1.29 is 19.5 Å². The molecular formula is C38H48N8O4. The van der Waals surface area contributed by atoms with E-state index >= 15 is 0 Å². The highest BCUT2D eigenvalue weighted by Gasteiger charge is 2.40. The third-order valence-corrected chi connectivity index (χ3v) is 10.2. The van der Waals surface area contributed by atoms with Crippen LogP contribution >= 0.6 is 0 Å². The van der Waals surface area contributed by atoms with Gasteiger partial charge in [-0.1, -0.05) is 76.2 Å². The summed E-state index contributed by atoms with van der Waals surface area (Å²) in [5, 5.41) is 9.56. The van der Waals surface area contributed by atoms with Crippen LogP contribution in [0.2, 0.25) is 0 Å². The van der Waals surface area contributed by atoms with Gasteiger partial charge in [-0.25, -0.2) is 14.8 Å². The van der Waals surface area contributed by atoms with Gasteiger partial charge in [0, 0.05) is 20.1 Å². The van der Waals surface area contributed by atoms with Crippen LogP contribution in [0.25, 0.3) is 33.6 Å². The predicted octanol–water partition coefficient (Wildman–Crippen LogP) is 6.08. The molecule has 0 saturated carbocycles. The van der Waals surface area contributed by atoms with Gasteiger partial charge in [0.25, 0.3) is 0 Å². The molecule has 0 bridgehead atoms. The first-order valence-electron chi connectivity index (χ1n) is 17.6. The van der Waals surface area contributed by atoms with E-state index in [1.165, 1.54) is 7.05 Å². The van der Waals surface area contributed by atoms with E-state index in [-0.39, 0.29) is 35.7 Å². The number of nitrogens with zero attached hydrogens (tertiary/aromatic N) is 5. The molecule has 0 spiro atoms. The molecule has 50 heavy (non-hydrogen) atoms. The SMILES string of the molecule is CC(C)[C@H](N)C(=O)N1CCC[C@H]1c1ncc(-c2ccc(-c3ccc(-c4cnc([C@@H]5CCCN5C(=O)[C@H](C(C)C)N(C)C(=O)O)[nH]4)cc3)cc2)[nH]1. The van der Waals surface area contributed by atoms with E-state index < -0.39 is 18.2 Å². The summed E-state index contributed by atoms with van der Waals surface area (Å²) in [5.41, 5.74) is 12.1. The van der Waals surface area contributed by atoms with Crippen LogP contribution in [0.15, 0.2) is 60.9 Å². The van der Waals surface area contributed by atoms with E-state index in [2.05, 4.69) is 68.5 Å². The highest BCUT2D eigenvalue weighted by molar-refractivity contribution is 5.86. The van der Waals surface area contributed by atoms with Crippen LogP contribution < -0.4 is 5.73 Å². The lowest BCUT2D eigenvalue weighted by atomic mass is 10.0. The molecule has 264 valence electrons. The van der Waals surface area contributed by atoms with Gasteiger partial charge in [-0.2, -0.15) is 0 Å². The van der Waals surface area contributed by atoms with Crippen LogP contribution in [0.5, 0.6) is 0 Å². The molecule has 0 unspecified atom stereocenters. The van der Waals surface area contributed by atoms with Gasteiger partial charge in [-0.15, -0.1) is 0 Å². The summed E-state index contributed by atoms with van der Waals surface area (Å²) in [5.74, 6) is 1.22. The monoisotopic (exact) mass is 680 g/mol. The molecule has 4 aromatic rings. The van der Waals surface area contributed by atoms with Crippen molar-refractivity contribution >= 4 is 17.9 Å². The summed E-state index contributed by atoms with van der Waals surface area (Å²) in [6.45, 7) is 8.94.